The molecule has 0 aromatic heterocycles. The molecule has 0 spiro atoms. The second kappa shape index (κ2) is 62.2. The second-order valence-corrected chi connectivity index (χ2v) is 28.9. The summed E-state index contributed by atoms with van der Waals surface area (Å²) >= 11 is 0. The van der Waals surface area contributed by atoms with E-state index in [1.54, 1.807) is 0 Å². The van der Waals surface area contributed by atoms with Gasteiger partial charge in [0.05, 0.1) is 26.4 Å². The molecule has 0 amide bonds. The van der Waals surface area contributed by atoms with Crippen LogP contribution in [0.3, 0.4) is 0 Å². The summed E-state index contributed by atoms with van der Waals surface area (Å²) in [7, 11) is -9.88. The molecule has 0 aliphatic rings. The number of phosphoric ester groups is 2. The third-order valence-electron chi connectivity index (χ3n) is 16.6. The number of hydrogen-bond acceptors (Lipinski definition) is 15. The molecule has 0 saturated heterocycles. The lowest BCUT2D eigenvalue weighted by atomic mass is 9.99. The van der Waals surface area contributed by atoms with Gasteiger partial charge in [-0.3, -0.25) is 37.3 Å². The Hall–Kier alpha value is -1.94. The van der Waals surface area contributed by atoms with Crippen LogP contribution < -0.4 is 0 Å². The maximum Gasteiger partial charge on any atom is 0.472 e. The first-order valence-electron chi connectivity index (χ1n) is 36.5. The number of aliphatic hydroxyl groups excluding tert-OH is 1. The Morgan fingerprint density at radius 2 is 0.573 bits per heavy atom. The largest absolute Gasteiger partial charge is 0.472 e. The van der Waals surface area contributed by atoms with Crippen molar-refractivity contribution in [3.63, 3.8) is 0 Å². The van der Waals surface area contributed by atoms with E-state index in [4.69, 9.17) is 37.0 Å². The van der Waals surface area contributed by atoms with Gasteiger partial charge in [-0.25, -0.2) is 9.13 Å². The minimum Gasteiger partial charge on any atom is -0.462 e. The van der Waals surface area contributed by atoms with Gasteiger partial charge in [-0.2, -0.15) is 0 Å². The molecule has 0 aliphatic heterocycles. The van der Waals surface area contributed by atoms with Gasteiger partial charge in [0.1, 0.15) is 19.3 Å². The van der Waals surface area contributed by atoms with Crippen LogP contribution in [-0.2, 0) is 65.4 Å². The lowest BCUT2D eigenvalue weighted by Gasteiger charge is -2.21. The van der Waals surface area contributed by atoms with Crippen LogP contribution in [0.25, 0.3) is 0 Å². The molecule has 0 rings (SSSR count). The number of ether oxygens (including phenoxy) is 4. The van der Waals surface area contributed by atoms with Crippen molar-refractivity contribution in [2.45, 2.75) is 374 Å². The highest BCUT2D eigenvalue weighted by molar-refractivity contribution is 7.47. The molecule has 0 aliphatic carbocycles. The third-order valence-corrected chi connectivity index (χ3v) is 18.5. The summed E-state index contributed by atoms with van der Waals surface area (Å²) < 4.78 is 67.8. The summed E-state index contributed by atoms with van der Waals surface area (Å²) in [6.07, 6.45) is 48.2. The van der Waals surface area contributed by atoms with Gasteiger partial charge in [0.2, 0.25) is 0 Å². The van der Waals surface area contributed by atoms with Crippen LogP contribution >= 0.6 is 15.6 Å². The summed E-state index contributed by atoms with van der Waals surface area (Å²) in [5.41, 5.74) is 0. The number of esters is 4. The summed E-state index contributed by atoms with van der Waals surface area (Å²) in [6.45, 7) is 9.45. The van der Waals surface area contributed by atoms with E-state index in [1.807, 2.05) is 0 Å². The van der Waals surface area contributed by atoms with Crippen LogP contribution in [0.2, 0.25) is 0 Å². The molecule has 0 aromatic carbocycles. The minimum absolute atomic E-state index is 0.0989. The molecular formula is C70H136O17P2. The van der Waals surface area contributed by atoms with Gasteiger partial charge < -0.3 is 33.8 Å². The van der Waals surface area contributed by atoms with Crippen molar-refractivity contribution in [3.8, 4) is 0 Å². The zero-order valence-electron chi connectivity index (χ0n) is 57.7. The predicted molar refractivity (Wildman–Crippen MR) is 358 cm³/mol. The number of carbonyl (C=O) groups is 4. The molecule has 17 nitrogen and oxygen atoms in total. The van der Waals surface area contributed by atoms with Crippen molar-refractivity contribution in [1.29, 1.82) is 0 Å². The smallest absolute Gasteiger partial charge is 0.462 e. The number of aliphatic hydroxyl groups is 1. The van der Waals surface area contributed by atoms with Crippen LogP contribution in [0.1, 0.15) is 356 Å². The van der Waals surface area contributed by atoms with E-state index in [-0.39, 0.29) is 25.7 Å². The van der Waals surface area contributed by atoms with Gasteiger partial charge in [0.15, 0.2) is 12.2 Å². The standard InChI is InChI=1S/C70H136O17P2/c1-7-10-12-38-46-52-67(72)80-58-65(86-69(74)54-48-39-13-11-8-2)60-84-88(76,77)82-56-64(71)57-83-89(78,79)85-61-66(59-81-68(73)53-47-42-36-32-28-24-21-20-22-26-30-34-40-44-50-62(4)5)87-70(75)55-49-43-37-33-29-25-19-17-15-14-16-18-23-27-31-35-41-45-51-63(6)9-3/h62-66,71H,7-61H2,1-6H3,(H,76,77)(H,78,79)/t63?,64-,65+,66+/m0/s1. The Balaban J connectivity index is 5.03. The molecule has 0 saturated carbocycles. The van der Waals surface area contributed by atoms with Crippen molar-refractivity contribution >= 4 is 39.5 Å². The molecular weight excluding hydrogens is 1170 g/mol. The molecule has 0 heterocycles. The maximum atomic E-state index is 13.0. The molecule has 0 radical (unpaired) electrons. The fraction of sp³-hybridized carbons (Fsp3) is 0.943. The van der Waals surface area contributed by atoms with Crippen LogP contribution in [0.4, 0.5) is 0 Å². The van der Waals surface area contributed by atoms with Crippen LogP contribution in [0, 0.1) is 11.8 Å². The highest BCUT2D eigenvalue weighted by Crippen LogP contribution is 2.45. The summed E-state index contributed by atoms with van der Waals surface area (Å²) in [4.78, 5) is 71.9. The van der Waals surface area contributed by atoms with Crippen LogP contribution in [0.5, 0.6) is 0 Å². The Bertz CT molecular complexity index is 1740. The van der Waals surface area contributed by atoms with E-state index in [1.165, 1.54) is 167 Å². The van der Waals surface area contributed by atoms with Gasteiger partial charge in [-0.15, -0.1) is 0 Å². The van der Waals surface area contributed by atoms with E-state index in [2.05, 4.69) is 41.5 Å². The summed E-state index contributed by atoms with van der Waals surface area (Å²) in [5, 5.41) is 10.5. The highest BCUT2D eigenvalue weighted by Gasteiger charge is 2.30. The molecule has 3 N–H and O–H groups in total. The number of carbonyl (C=O) groups excluding carboxylic acids is 4. The van der Waals surface area contributed by atoms with E-state index in [0.29, 0.717) is 25.7 Å². The van der Waals surface area contributed by atoms with Crippen molar-refractivity contribution in [3.05, 3.63) is 0 Å². The first-order valence-corrected chi connectivity index (χ1v) is 39.5. The topological polar surface area (TPSA) is 237 Å². The minimum atomic E-state index is -4.95. The maximum absolute atomic E-state index is 13.0. The van der Waals surface area contributed by atoms with Gasteiger partial charge in [0.25, 0.3) is 0 Å². The zero-order chi connectivity index (χ0) is 65.7. The van der Waals surface area contributed by atoms with Crippen molar-refractivity contribution in [2.24, 2.45) is 11.8 Å². The Labute approximate surface area is 543 Å². The number of phosphoric acid groups is 2. The normalized spacial score (nSPS) is 14.4. The molecule has 19 heteroatoms. The molecule has 3 unspecified atom stereocenters. The van der Waals surface area contributed by atoms with Crippen LogP contribution in [-0.4, -0.2) is 96.7 Å². The summed E-state index contributed by atoms with van der Waals surface area (Å²) in [6, 6.07) is 0. The van der Waals surface area contributed by atoms with E-state index in [0.717, 1.165) is 108 Å². The number of hydrogen-bond donors (Lipinski definition) is 3. The fourth-order valence-corrected chi connectivity index (χ4v) is 12.1. The zero-order valence-corrected chi connectivity index (χ0v) is 59.5. The first kappa shape index (κ1) is 87.1. The van der Waals surface area contributed by atoms with Gasteiger partial charge >= 0.3 is 39.5 Å². The Kier molecular flexibility index (Phi) is 60.8. The third kappa shape index (κ3) is 63.2. The fourth-order valence-electron chi connectivity index (χ4n) is 10.6. The molecule has 0 aromatic rings. The predicted octanol–water partition coefficient (Wildman–Crippen LogP) is 20.0. The average Bonchev–Trinajstić information content (AvgIpc) is 3.62. The van der Waals surface area contributed by atoms with Crippen molar-refractivity contribution < 1.29 is 80.2 Å². The molecule has 0 bridgehead atoms. The molecule has 6 atom stereocenters. The van der Waals surface area contributed by atoms with Gasteiger partial charge in [-0.1, -0.05) is 305 Å². The second-order valence-electron chi connectivity index (χ2n) is 26.0. The number of unbranched alkanes of at least 4 members (excludes halogenated alkanes) is 38. The SMILES string of the molecule is CCCCCCCC(=O)OC[C@H](COP(=O)(O)OC[C@H](O)COP(=O)(O)OC[C@@H](COC(=O)CCCCCCCCCCCCCCCCC(C)C)OC(=O)CCCCCCCCCCCCCCCCCCCCC(C)CC)OC(=O)CCCCCCC. The lowest BCUT2D eigenvalue weighted by Crippen LogP contribution is -2.30. The highest BCUT2D eigenvalue weighted by atomic mass is 31.2. The van der Waals surface area contributed by atoms with Gasteiger partial charge in [0, 0.05) is 25.7 Å². The molecule has 0 fully saturated rings. The van der Waals surface area contributed by atoms with E-state index < -0.39 is 97.5 Å². The first-order chi connectivity index (χ1) is 42.9. The monoisotopic (exact) mass is 1310 g/mol. The summed E-state index contributed by atoms with van der Waals surface area (Å²) in [5.74, 6) is -0.478. The lowest BCUT2D eigenvalue weighted by molar-refractivity contribution is -0.161. The van der Waals surface area contributed by atoms with E-state index in [9.17, 15) is 43.2 Å². The Morgan fingerprint density at radius 3 is 0.854 bits per heavy atom. The number of rotatable bonds is 69. The van der Waals surface area contributed by atoms with Crippen molar-refractivity contribution in [2.75, 3.05) is 39.6 Å². The quantitative estimate of drug-likeness (QED) is 0.0222. The van der Waals surface area contributed by atoms with Gasteiger partial charge in [-0.05, 0) is 37.5 Å². The molecule has 89 heavy (non-hydrogen) atoms. The molecule has 528 valence electrons. The van der Waals surface area contributed by atoms with Crippen molar-refractivity contribution in [1.82, 2.24) is 0 Å². The van der Waals surface area contributed by atoms with E-state index >= 15 is 0 Å². The van der Waals surface area contributed by atoms with Crippen LogP contribution in [0.15, 0.2) is 0 Å². The Morgan fingerprint density at radius 1 is 0.326 bits per heavy atom. The average molecular weight is 1310 g/mol.